The van der Waals surface area contributed by atoms with Gasteiger partial charge in [-0.15, -0.1) is 0 Å². The van der Waals surface area contributed by atoms with Crippen molar-refractivity contribution in [2.75, 3.05) is 18.4 Å². The number of likely N-dealkylation sites (tertiary alicyclic amines) is 1. The number of benzene rings is 2. The van der Waals surface area contributed by atoms with Gasteiger partial charge in [0.25, 0.3) is 5.91 Å². The molecule has 1 aliphatic heterocycles. The van der Waals surface area contributed by atoms with E-state index in [0.29, 0.717) is 35.7 Å². The molecule has 3 N–H and O–H groups in total. The zero-order chi connectivity index (χ0) is 20.4. The van der Waals surface area contributed by atoms with Gasteiger partial charge in [0.15, 0.2) is 6.10 Å². The number of H-pyrrole nitrogens is 1. The van der Waals surface area contributed by atoms with Crippen LogP contribution in [-0.2, 0) is 9.59 Å². The van der Waals surface area contributed by atoms with Crippen molar-refractivity contribution in [3.8, 4) is 0 Å². The summed E-state index contributed by atoms with van der Waals surface area (Å²) in [6.07, 6.45) is 1.74. The molecule has 2 amide bonds. The van der Waals surface area contributed by atoms with Crippen LogP contribution in [-0.4, -0.2) is 45.1 Å². The van der Waals surface area contributed by atoms with Gasteiger partial charge in [0.05, 0.1) is 17.6 Å². The van der Waals surface area contributed by atoms with Crippen molar-refractivity contribution in [3.63, 3.8) is 0 Å². The number of fused-ring (bicyclic) bond motifs is 1. The van der Waals surface area contributed by atoms with Gasteiger partial charge < -0.3 is 15.3 Å². The van der Waals surface area contributed by atoms with E-state index in [2.05, 4.69) is 15.5 Å². The van der Waals surface area contributed by atoms with Crippen LogP contribution in [0.5, 0.6) is 0 Å². The lowest BCUT2D eigenvalue weighted by atomic mass is 9.96. The Balaban J connectivity index is 1.42. The maximum Gasteiger partial charge on any atom is 0.256 e. The van der Waals surface area contributed by atoms with E-state index in [9.17, 15) is 14.7 Å². The number of aromatic nitrogens is 2. The van der Waals surface area contributed by atoms with Gasteiger partial charge in [-0.2, -0.15) is 5.10 Å². The molecule has 1 aromatic heterocycles. The van der Waals surface area contributed by atoms with E-state index in [0.717, 1.165) is 10.9 Å². The van der Waals surface area contributed by atoms with Crippen LogP contribution < -0.4 is 5.32 Å². The van der Waals surface area contributed by atoms with Crippen molar-refractivity contribution in [1.82, 2.24) is 15.1 Å². The lowest BCUT2D eigenvalue weighted by Gasteiger charge is -2.33. The third-order valence-corrected chi connectivity index (χ3v) is 5.59. The van der Waals surface area contributed by atoms with Crippen molar-refractivity contribution in [2.45, 2.75) is 18.9 Å². The summed E-state index contributed by atoms with van der Waals surface area (Å²) in [6, 6.07) is 12.2. The van der Waals surface area contributed by atoms with Gasteiger partial charge >= 0.3 is 0 Å². The average molecular weight is 413 g/mol. The van der Waals surface area contributed by atoms with E-state index >= 15 is 0 Å². The molecule has 2 aromatic carbocycles. The second-order valence-corrected chi connectivity index (χ2v) is 7.62. The number of piperidine rings is 1. The Kier molecular flexibility index (Phi) is 5.51. The Morgan fingerprint density at radius 3 is 2.93 bits per heavy atom. The molecule has 1 aliphatic rings. The van der Waals surface area contributed by atoms with E-state index in [1.54, 1.807) is 35.4 Å². The Morgan fingerprint density at radius 2 is 2.10 bits per heavy atom. The summed E-state index contributed by atoms with van der Waals surface area (Å²) in [6.45, 7) is 0.769. The lowest BCUT2D eigenvalue weighted by Crippen LogP contribution is -2.45. The molecule has 0 radical (unpaired) electrons. The maximum atomic E-state index is 12.8. The van der Waals surface area contributed by atoms with E-state index in [-0.39, 0.29) is 18.4 Å². The van der Waals surface area contributed by atoms with Crippen molar-refractivity contribution < 1.29 is 14.7 Å². The minimum atomic E-state index is -1.34. The molecule has 1 unspecified atom stereocenters. The lowest BCUT2D eigenvalue weighted by molar-refractivity contribution is -0.143. The van der Waals surface area contributed by atoms with E-state index in [1.807, 2.05) is 18.2 Å². The van der Waals surface area contributed by atoms with Gasteiger partial charge in [0.2, 0.25) is 5.91 Å². The summed E-state index contributed by atoms with van der Waals surface area (Å²) < 4.78 is 0. The highest BCUT2D eigenvalue weighted by atomic mass is 35.5. The topological polar surface area (TPSA) is 98.3 Å². The second-order valence-electron chi connectivity index (χ2n) is 7.21. The molecular formula is C21H21ClN4O3. The third kappa shape index (κ3) is 4.11. The first-order valence-corrected chi connectivity index (χ1v) is 9.86. The molecule has 7 nitrogen and oxygen atoms in total. The molecule has 1 fully saturated rings. The number of rotatable bonds is 4. The average Bonchev–Trinajstić information content (AvgIpc) is 3.21. The summed E-state index contributed by atoms with van der Waals surface area (Å²) in [7, 11) is 0. The molecule has 0 aliphatic carbocycles. The van der Waals surface area contributed by atoms with Gasteiger partial charge in [-0.1, -0.05) is 29.8 Å². The predicted octanol–water partition coefficient (Wildman–Crippen LogP) is 3.13. The van der Waals surface area contributed by atoms with Gasteiger partial charge in [0, 0.05) is 34.7 Å². The second kappa shape index (κ2) is 8.23. The highest BCUT2D eigenvalue weighted by Crippen LogP contribution is 2.27. The molecule has 0 saturated carbocycles. The van der Waals surface area contributed by atoms with Gasteiger partial charge in [-0.05, 0) is 37.1 Å². The number of aliphatic hydroxyl groups is 1. The van der Waals surface area contributed by atoms with E-state index in [4.69, 9.17) is 11.6 Å². The first kappa shape index (κ1) is 19.4. The Hall–Kier alpha value is -2.90. The molecule has 150 valence electrons. The Morgan fingerprint density at radius 1 is 1.28 bits per heavy atom. The SMILES string of the molecule is O=C(Nc1ccc2[nH]ncc2c1)C1CCCN(C(=O)[C@@H](O)c2ccccc2Cl)C1. The highest BCUT2D eigenvalue weighted by molar-refractivity contribution is 6.31. The smallest absolute Gasteiger partial charge is 0.256 e. The number of amides is 2. The van der Waals surface area contributed by atoms with Crippen molar-refractivity contribution in [2.24, 2.45) is 5.92 Å². The first-order valence-electron chi connectivity index (χ1n) is 9.48. The van der Waals surface area contributed by atoms with Crippen molar-refractivity contribution in [1.29, 1.82) is 0 Å². The molecule has 0 spiro atoms. The zero-order valence-corrected chi connectivity index (χ0v) is 16.4. The van der Waals surface area contributed by atoms with Crippen LogP contribution in [0.15, 0.2) is 48.7 Å². The van der Waals surface area contributed by atoms with E-state index < -0.39 is 12.0 Å². The molecule has 3 aromatic rings. The Labute approximate surface area is 172 Å². The summed E-state index contributed by atoms with van der Waals surface area (Å²) in [5, 5.41) is 21.5. The molecule has 2 atom stereocenters. The minimum absolute atomic E-state index is 0.141. The number of anilines is 1. The number of carbonyl (C=O) groups excluding carboxylic acids is 2. The quantitative estimate of drug-likeness (QED) is 0.613. The van der Waals surface area contributed by atoms with Gasteiger partial charge in [-0.25, -0.2) is 0 Å². The molecule has 8 heteroatoms. The van der Waals surface area contributed by atoms with Crippen LogP contribution in [0.1, 0.15) is 24.5 Å². The molecule has 2 heterocycles. The first-order chi connectivity index (χ1) is 14.0. The third-order valence-electron chi connectivity index (χ3n) is 5.25. The number of halogens is 1. The predicted molar refractivity (Wildman–Crippen MR) is 110 cm³/mol. The van der Waals surface area contributed by atoms with Crippen molar-refractivity contribution >= 4 is 40.0 Å². The number of aliphatic hydroxyl groups excluding tert-OH is 1. The fraction of sp³-hybridized carbons (Fsp3) is 0.286. The van der Waals surface area contributed by atoms with Crippen LogP contribution in [0.2, 0.25) is 5.02 Å². The molecule has 0 bridgehead atoms. The maximum absolute atomic E-state index is 12.8. The monoisotopic (exact) mass is 412 g/mol. The number of carbonyl (C=O) groups is 2. The summed E-state index contributed by atoms with van der Waals surface area (Å²) >= 11 is 6.10. The minimum Gasteiger partial charge on any atom is -0.378 e. The Bertz CT molecular complexity index is 1050. The number of hydrogen-bond donors (Lipinski definition) is 3. The summed E-state index contributed by atoms with van der Waals surface area (Å²) in [5.74, 6) is -0.917. The van der Waals surface area contributed by atoms with Crippen LogP contribution in [0.4, 0.5) is 5.69 Å². The standard InChI is InChI=1S/C21H21ClN4O3/c22-17-6-2-1-5-16(17)19(27)21(29)26-9-3-4-13(12-26)20(28)24-15-7-8-18-14(10-15)11-23-25-18/h1-2,5-8,10-11,13,19,27H,3-4,9,12H2,(H,23,25)(H,24,28)/t13?,19-/m0/s1. The van der Waals surface area contributed by atoms with Gasteiger partial charge in [-0.3, -0.25) is 14.7 Å². The van der Waals surface area contributed by atoms with Crippen LogP contribution in [0.3, 0.4) is 0 Å². The molecular weight excluding hydrogens is 392 g/mol. The van der Waals surface area contributed by atoms with Crippen LogP contribution in [0, 0.1) is 5.92 Å². The number of nitrogens with one attached hydrogen (secondary N) is 2. The van der Waals surface area contributed by atoms with Crippen LogP contribution in [0.25, 0.3) is 10.9 Å². The van der Waals surface area contributed by atoms with Crippen molar-refractivity contribution in [3.05, 3.63) is 59.2 Å². The number of nitrogens with zero attached hydrogens (tertiary/aromatic N) is 2. The largest absolute Gasteiger partial charge is 0.378 e. The fourth-order valence-electron chi connectivity index (χ4n) is 3.66. The highest BCUT2D eigenvalue weighted by Gasteiger charge is 2.32. The fourth-order valence-corrected chi connectivity index (χ4v) is 3.90. The zero-order valence-electron chi connectivity index (χ0n) is 15.6. The normalized spacial score (nSPS) is 17.9. The summed E-state index contributed by atoms with van der Waals surface area (Å²) in [5.41, 5.74) is 1.95. The van der Waals surface area contributed by atoms with Gasteiger partial charge in [0.1, 0.15) is 0 Å². The van der Waals surface area contributed by atoms with Crippen LogP contribution >= 0.6 is 11.6 Å². The number of hydrogen-bond acceptors (Lipinski definition) is 4. The van der Waals surface area contributed by atoms with E-state index in [1.165, 1.54) is 0 Å². The molecule has 29 heavy (non-hydrogen) atoms. The number of aromatic amines is 1. The molecule has 4 rings (SSSR count). The summed E-state index contributed by atoms with van der Waals surface area (Å²) in [4.78, 5) is 27.1. The molecule has 1 saturated heterocycles.